The number of hydrogen-bond acceptors (Lipinski definition) is 3. The van der Waals surface area contributed by atoms with E-state index in [2.05, 4.69) is 0 Å². The van der Waals surface area contributed by atoms with Crippen LogP contribution in [0.3, 0.4) is 0 Å². The molecule has 0 aromatic heterocycles. The summed E-state index contributed by atoms with van der Waals surface area (Å²) in [6.07, 6.45) is 0.0498. The first-order chi connectivity index (χ1) is 9.71. The molecule has 0 bridgehead atoms. The van der Waals surface area contributed by atoms with Gasteiger partial charge >= 0.3 is 5.97 Å². The van der Waals surface area contributed by atoms with E-state index in [0.29, 0.717) is 0 Å². The highest BCUT2D eigenvalue weighted by Crippen LogP contribution is 2.40. The zero-order valence-corrected chi connectivity index (χ0v) is 10.9. The highest BCUT2D eigenvalue weighted by Gasteiger charge is 2.44. The molecule has 0 aliphatic carbocycles. The Labute approximate surface area is 117 Å². The first-order valence-corrected chi connectivity index (χ1v) is 6.55. The molecule has 3 nitrogen and oxygen atoms in total. The number of carbonyl (C=O) groups excluding carboxylic acids is 2. The van der Waals surface area contributed by atoms with Gasteiger partial charge in [-0.25, -0.2) is 0 Å². The molecule has 0 spiro atoms. The maximum absolute atomic E-state index is 11.9. The van der Waals surface area contributed by atoms with E-state index in [4.69, 9.17) is 4.74 Å². The third kappa shape index (κ3) is 2.11. The van der Waals surface area contributed by atoms with Crippen molar-refractivity contribution in [3.05, 3.63) is 71.8 Å². The number of cyclic esters (lactones) is 1. The van der Waals surface area contributed by atoms with Gasteiger partial charge < -0.3 is 4.74 Å². The van der Waals surface area contributed by atoms with Gasteiger partial charge in [0.1, 0.15) is 12.2 Å². The third-order valence-electron chi connectivity index (χ3n) is 3.56. The van der Waals surface area contributed by atoms with E-state index in [1.807, 2.05) is 60.7 Å². The van der Waals surface area contributed by atoms with Gasteiger partial charge in [-0.15, -0.1) is 0 Å². The second kappa shape index (κ2) is 4.93. The normalized spacial score (nSPS) is 17.6. The Bertz CT molecular complexity index is 574. The minimum Gasteiger partial charge on any atom is -0.448 e. The van der Waals surface area contributed by atoms with Gasteiger partial charge in [0.15, 0.2) is 5.60 Å². The van der Waals surface area contributed by atoms with Crippen LogP contribution >= 0.6 is 0 Å². The summed E-state index contributed by atoms with van der Waals surface area (Å²) in [5.74, 6) is -0.553. The summed E-state index contributed by atoms with van der Waals surface area (Å²) in [4.78, 5) is 23.7. The Morgan fingerprint density at radius 1 is 0.800 bits per heavy atom. The minimum absolute atomic E-state index is 0.0889. The molecule has 20 heavy (non-hydrogen) atoms. The summed E-state index contributed by atoms with van der Waals surface area (Å²) in [5.41, 5.74) is 0.662. The summed E-state index contributed by atoms with van der Waals surface area (Å²) in [7, 11) is 0. The van der Waals surface area contributed by atoms with E-state index < -0.39 is 11.6 Å². The SMILES string of the molecule is O=C1CC(=O)OC(c2ccccc2)(c2ccccc2)C1. The largest absolute Gasteiger partial charge is 0.448 e. The molecule has 1 aliphatic rings. The number of Topliss-reactive ketones (excluding diaryl/α,β-unsaturated/α-hetero) is 1. The van der Waals surface area contributed by atoms with Gasteiger partial charge in [-0.05, 0) is 0 Å². The zero-order valence-electron chi connectivity index (χ0n) is 10.9. The molecule has 1 fully saturated rings. The molecule has 1 heterocycles. The number of ether oxygens (including phenoxy) is 1. The van der Waals surface area contributed by atoms with Gasteiger partial charge in [-0.1, -0.05) is 60.7 Å². The number of ketones is 1. The fraction of sp³-hybridized carbons (Fsp3) is 0.176. The highest BCUT2D eigenvalue weighted by atomic mass is 16.6. The maximum atomic E-state index is 11.9. The minimum atomic E-state index is -0.991. The Balaban J connectivity index is 2.18. The molecule has 3 heteroatoms. The van der Waals surface area contributed by atoms with Crippen molar-refractivity contribution in [2.45, 2.75) is 18.4 Å². The lowest BCUT2D eigenvalue weighted by Gasteiger charge is -2.36. The highest BCUT2D eigenvalue weighted by molar-refractivity contribution is 5.99. The summed E-state index contributed by atoms with van der Waals surface area (Å²) < 4.78 is 5.66. The maximum Gasteiger partial charge on any atom is 0.314 e. The first-order valence-electron chi connectivity index (χ1n) is 6.55. The molecule has 0 saturated carbocycles. The van der Waals surface area contributed by atoms with Crippen molar-refractivity contribution in [3.63, 3.8) is 0 Å². The van der Waals surface area contributed by atoms with Crippen molar-refractivity contribution in [2.24, 2.45) is 0 Å². The van der Waals surface area contributed by atoms with E-state index in [1.165, 1.54) is 0 Å². The molecular formula is C17H14O3. The van der Waals surface area contributed by atoms with Crippen LogP contribution in [0.4, 0.5) is 0 Å². The second-order valence-electron chi connectivity index (χ2n) is 4.93. The second-order valence-corrected chi connectivity index (χ2v) is 4.93. The summed E-state index contributed by atoms with van der Waals surface area (Å²) >= 11 is 0. The molecule has 1 aliphatic heterocycles. The van der Waals surface area contributed by atoms with Crippen LogP contribution in [0.2, 0.25) is 0 Å². The van der Waals surface area contributed by atoms with Crippen LogP contribution in [0.1, 0.15) is 24.0 Å². The van der Waals surface area contributed by atoms with Crippen molar-refractivity contribution in [3.8, 4) is 0 Å². The van der Waals surface area contributed by atoms with Crippen LogP contribution in [-0.2, 0) is 19.9 Å². The fourth-order valence-electron chi connectivity index (χ4n) is 2.67. The van der Waals surface area contributed by atoms with Crippen LogP contribution in [0.25, 0.3) is 0 Å². The summed E-state index contributed by atoms with van der Waals surface area (Å²) in [6.45, 7) is 0. The van der Waals surface area contributed by atoms with Crippen LogP contribution < -0.4 is 0 Å². The average molecular weight is 266 g/mol. The van der Waals surface area contributed by atoms with Crippen molar-refractivity contribution in [1.29, 1.82) is 0 Å². The molecule has 0 radical (unpaired) electrons. The van der Waals surface area contributed by atoms with Crippen molar-refractivity contribution < 1.29 is 14.3 Å². The van der Waals surface area contributed by atoms with Gasteiger partial charge in [-0.2, -0.15) is 0 Å². The van der Waals surface area contributed by atoms with Gasteiger partial charge in [0.05, 0.1) is 6.42 Å². The first kappa shape index (κ1) is 12.6. The zero-order chi connectivity index (χ0) is 14.0. The van der Waals surface area contributed by atoms with Crippen molar-refractivity contribution in [1.82, 2.24) is 0 Å². The standard InChI is InChI=1S/C17H14O3/c18-15-11-16(19)20-17(12-15,13-7-3-1-4-8-13)14-9-5-2-6-10-14/h1-10H,11-12H2. The lowest BCUT2D eigenvalue weighted by Crippen LogP contribution is -2.41. The molecule has 100 valence electrons. The van der Waals surface area contributed by atoms with Crippen molar-refractivity contribution >= 4 is 11.8 Å². The smallest absolute Gasteiger partial charge is 0.314 e. The number of hydrogen-bond donors (Lipinski definition) is 0. The van der Waals surface area contributed by atoms with Gasteiger partial charge in [0, 0.05) is 11.1 Å². The van der Waals surface area contributed by atoms with Gasteiger partial charge in [0.25, 0.3) is 0 Å². The number of benzene rings is 2. The van der Waals surface area contributed by atoms with Crippen LogP contribution in [0.5, 0.6) is 0 Å². The molecule has 2 aromatic carbocycles. The van der Waals surface area contributed by atoms with Gasteiger partial charge in [0.2, 0.25) is 0 Å². The molecule has 0 atom stereocenters. The lowest BCUT2D eigenvalue weighted by atomic mass is 9.80. The fourth-order valence-corrected chi connectivity index (χ4v) is 2.67. The quantitative estimate of drug-likeness (QED) is 0.620. The van der Waals surface area contributed by atoms with E-state index in [1.54, 1.807) is 0 Å². The van der Waals surface area contributed by atoms with E-state index in [0.717, 1.165) is 11.1 Å². The Morgan fingerprint density at radius 2 is 1.30 bits per heavy atom. The Kier molecular flexibility index (Phi) is 3.11. The van der Waals surface area contributed by atoms with Gasteiger partial charge in [-0.3, -0.25) is 9.59 Å². The summed E-state index contributed by atoms with van der Waals surface area (Å²) in [5, 5.41) is 0. The topological polar surface area (TPSA) is 43.4 Å². The molecular weight excluding hydrogens is 252 g/mol. The number of carbonyl (C=O) groups is 2. The van der Waals surface area contributed by atoms with E-state index >= 15 is 0 Å². The predicted molar refractivity (Wildman–Crippen MR) is 74.0 cm³/mol. The van der Waals surface area contributed by atoms with Crippen LogP contribution in [0, 0.1) is 0 Å². The lowest BCUT2D eigenvalue weighted by molar-refractivity contribution is -0.166. The summed E-state index contributed by atoms with van der Waals surface area (Å²) in [6, 6.07) is 18.9. The van der Waals surface area contributed by atoms with Crippen LogP contribution in [-0.4, -0.2) is 11.8 Å². The molecule has 1 saturated heterocycles. The van der Waals surface area contributed by atoms with E-state index in [9.17, 15) is 9.59 Å². The molecule has 0 N–H and O–H groups in total. The molecule has 0 amide bonds. The third-order valence-corrected chi connectivity index (χ3v) is 3.56. The Morgan fingerprint density at radius 3 is 1.75 bits per heavy atom. The Hall–Kier alpha value is -2.42. The predicted octanol–water partition coefficient (Wildman–Crippen LogP) is 2.84. The molecule has 0 unspecified atom stereocenters. The molecule has 3 rings (SSSR count). The average Bonchev–Trinajstić information content (AvgIpc) is 2.48. The molecule has 2 aromatic rings. The van der Waals surface area contributed by atoms with Crippen LogP contribution in [0.15, 0.2) is 60.7 Å². The van der Waals surface area contributed by atoms with Crippen molar-refractivity contribution in [2.75, 3.05) is 0 Å². The van der Waals surface area contributed by atoms with E-state index in [-0.39, 0.29) is 18.6 Å². The number of rotatable bonds is 2. The monoisotopic (exact) mass is 266 g/mol. The number of esters is 1.